The van der Waals surface area contributed by atoms with Gasteiger partial charge in [0.2, 0.25) is 0 Å². The lowest BCUT2D eigenvalue weighted by Crippen LogP contribution is -2.31. The molecule has 3 rings (SSSR count). The first-order valence-electron chi connectivity index (χ1n) is 7.61. The van der Waals surface area contributed by atoms with Gasteiger partial charge >= 0.3 is 6.03 Å². The molecule has 0 bridgehead atoms. The molecule has 2 amide bonds. The summed E-state index contributed by atoms with van der Waals surface area (Å²) in [6, 6.07) is 12.3. The van der Waals surface area contributed by atoms with Crippen LogP contribution in [0.2, 0.25) is 0 Å². The lowest BCUT2D eigenvalue weighted by molar-refractivity contribution is 0.251. The molecule has 0 aliphatic rings. The van der Waals surface area contributed by atoms with Crippen molar-refractivity contribution in [3.8, 4) is 11.5 Å². The van der Waals surface area contributed by atoms with Crippen molar-refractivity contribution in [2.75, 3.05) is 11.9 Å². The second kappa shape index (κ2) is 7.91. The number of urea groups is 1. The van der Waals surface area contributed by atoms with Gasteiger partial charge in [-0.1, -0.05) is 11.3 Å². The van der Waals surface area contributed by atoms with Crippen LogP contribution in [0.15, 0.2) is 60.9 Å². The van der Waals surface area contributed by atoms with Crippen molar-refractivity contribution in [1.82, 2.24) is 20.3 Å². The normalized spacial score (nSPS) is 10.3. The molecule has 1 aromatic heterocycles. The number of anilines is 1. The predicted molar refractivity (Wildman–Crippen MR) is 90.0 cm³/mol. The Kier molecular flexibility index (Phi) is 5.20. The van der Waals surface area contributed by atoms with Crippen LogP contribution in [0.5, 0.6) is 11.5 Å². The fourth-order valence-corrected chi connectivity index (χ4v) is 2.08. The van der Waals surface area contributed by atoms with E-state index in [-0.39, 0.29) is 11.8 Å². The Hall–Kier alpha value is -3.42. The van der Waals surface area contributed by atoms with Crippen molar-refractivity contribution in [2.45, 2.75) is 6.54 Å². The van der Waals surface area contributed by atoms with Crippen LogP contribution in [0.4, 0.5) is 14.9 Å². The molecule has 0 aliphatic heterocycles. The van der Waals surface area contributed by atoms with Gasteiger partial charge in [-0.2, -0.15) is 0 Å². The van der Waals surface area contributed by atoms with Crippen molar-refractivity contribution < 1.29 is 13.9 Å². The maximum Gasteiger partial charge on any atom is 0.319 e. The van der Waals surface area contributed by atoms with Crippen LogP contribution in [0.3, 0.4) is 0 Å². The van der Waals surface area contributed by atoms with Gasteiger partial charge in [-0.15, -0.1) is 5.10 Å². The van der Waals surface area contributed by atoms with Gasteiger partial charge in [-0.05, 0) is 36.4 Å². The number of rotatable bonds is 6. The molecule has 1 heterocycles. The second-order valence-electron chi connectivity index (χ2n) is 5.13. The highest BCUT2D eigenvalue weighted by Gasteiger charge is 2.03. The molecule has 0 unspecified atom stereocenters. The lowest BCUT2D eigenvalue weighted by Gasteiger charge is -2.09. The van der Waals surface area contributed by atoms with Gasteiger partial charge in [0.25, 0.3) is 0 Å². The van der Waals surface area contributed by atoms with E-state index >= 15 is 0 Å². The molecular weight excluding hydrogens is 325 g/mol. The third kappa shape index (κ3) is 5.03. The number of nitrogens with zero attached hydrogens (tertiary/aromatic N) is 3. The van der Waals surface area contributed by atoms with Gasteiger partial charge in [0.1, 0.15) is 17.3 Å². The zero-order valence-corrected chi connectivity index (χ0v) is 13.2. The third-order valence-corrected chi connectivity index (χ3v) is 3.24. The summed E-state index contributed by atoms with van der Waals surface area (Å²) in [5.74, 6) is 0.590. The average molecular weight is 341 g/mol. The fourth-order valence-electron chi connectivity index (χ4n) is 2.08. The number of benzene rings is 2. The van der Waals surface area contributed by atoms with E-state index in [1.807, 2.05) is 0 Å². The number of carbonyl (C=O) groups is 1. The van der Waals surface area contributed by atoms with Gasteiger partial charge < -0.3 is 15.4 Å². The molecule has 0 radical (unpaired) electrons. The highest BCUT2D eigenvalue weighted by molar-refractivity contribution is 5.89. The molecule has 0 aliphatic carbocycles. The zero-order valence-electron chi connectivity index (χ0n) is 13.2. The van der Waals surface area contributed by atoms with E-state index < -0.39 is 0 Å². The van der Waals surface area contributed by atoms with Gasteiger partial charge in [0, 0.05) is 24.5 Å². The van der Waals surface area contributed by atoms with Crippen molar-refractivity contribution in [3.63, 3.8) is 0 Å². The molecule has 0 fully saturated rings. The minimum absolute atomic E-state index is 0.320. The van der Waals surface area contributed by atoms with E-state index in [0.717, 1.165) is 0 Å². The van der Waals surface area contributed by atoms with Gasteiger partial charge in [0.15, 0.2) is 0 Å². The first-order chi connectivity index (χ1) is 12.2. The quantitative estimate of drug-likeness (QED) is 0.722. The van der Waals surface area contributed by atoms with E-state index in [0.29, 0.717) is 30.3 Å². The van der Waals surface area contributed by atoms with Crippen molar-refractivity contribution in [1.29, 1.82) is 0 Å². The molecule has 0 spiro atoms. The standard InChI is InChI=1S/C17H16FN5O2/c18-13-2-1-3-16(12-13)25-15-6-4-14(5-7-15)21-17(24)19-8-10-23-11-9-20-22-23/h1-7,9,11-12H,8,10H2,(H2,19,21,24). The SMILES string of the molecule is O=C(NCCn1ccnn1)Nc1ccc(Oc2cccc(F)c2)cc1. The maximum atomic E-state index is 13.1. The predicted octanol–water partition coefficient (Wildman–Crippen LogP) is 3.03. The van der Waals surface area contributed by atoms with Gasteiger partial charge in [0.05, 0.1) is 12.7 Å². The molecule has 25 heavy (non-hydrogen) atoms. The summed E-state index contributed by atoms with van der Waals surface area (Å²) in [4.78, 5) is 11.8. The molecule has 3 aromatic rings. The first kappa shape index (κ1) is 16.4. The van der Waals surface area contributed by atoms with Gasteiger partial charge in [-0.3, -0.25) is 4.68 Å². The minimum atomic E-state index is -0.363. The lowest BCUT2D eigenvalue weighted by atomic mass is 10.3. The van der Waals surface area contributed by atoms with E-state index in [4.69, 9.17) is 4.74 Å². The number of hydrogen-bond donors (Lipinski definition) is 2. The Morgan fingerprint density at radius 2 is 2.00 bits per heavy atom. The van der Waals surface area contributed by atoms with Crippen LogP contribution in [0.25, 0.3) is 0 Å². The molecule has 8 heteroatoms. The van der Waals surface area contributed by atoms with Crippen LogP contribution >= 0.6 is 0 Å². The van der Waals surface area contributed by atoms with E-state index in [1.54, 1.807) is 53.5 Å². The smallest absolute Gasteiger partial charge is 0.319 e. The molecule has 7 nitrogen and oxygen atoms in total. The number of nitrogens with one attached hydrogen (secondary N) is 2. The van der Waals surface area contributed by atoms with Crippen LogP contribution in [0.1, 0.15) is 0 Å². The van der Waals surface area contributed by atoms with Crippen LogP contribution in [-0.2, 0) is 6.54 Å². The summed E-state index contributed by atoms with van der Waals surface area (Å²) in [5, 5.41) is 12.9. The highest BCUT2D eigenvalue weighted by Crippen LogP contribution is 2.23. The largest absolute Gasteiger partial charge is 0.457 e. The van der Waals surface area contributed by atoms with Crippen LogP contribution in [-0.4, -0.2) is 27.6 Å². The summed E-state index contributed by atoms with van der Waals surface area (Å²) < 4.78 is 20.3. The molecule has 0 saturated heterocycles. The highest BCUT2D eigenvalue weighted by atomic mass is 19.1. The summed E-state index contributed by atoms with van der Waals surface area (Å²) >= 11 is 0. The Morgan fingerprint density at radius 3 is 2.72 bits per heavy atom. The Bertz CT molecular complexity index is 821. The topological polar surface area (TPSA) is 81.1 Å². The van der Waals surface area contributed by atoms with Crippen molar-refractivity contribution >= 4 is 11.7 Å². The van der Waals surface area contributed by atoms with Crippen molar-refractivity contribution in [3.05, 3.63) is 66.7 Å². The number of halogens is 1. The molecule has 0 saturated carbocycles. The summed E-state index contributed by atoms with van der Waals surface area (Å²) in [5.41, 5.74) is 0.616. The first-order valence-corrected chi connectivity index (χ1v) is 7.61. The summed E-state index contributed by atoms with van der Waals surface area (Å²) in [6.45, 7) is 0.962. The number of ether oxygens (including phenoxy) is 1. The third-order valence-electron chi connectivity index (χ3n) is 3.24. The molecular formula is C17H16FN5O2. The molecule has 2 N–H and O–H groups in total. The maximum absolute atomic E-state index is 13.1. The number of hydrogen-bond acceptors (Lipinski definition) is 4. The Balaban J connectivity index is 1.47. The fraction of sp³-hybridized carbons (Fsp3) is 0.118. The minimum Gasteiger partial charge on any atom is -0.457 e. The number of aromatic nitrogens is 3. The molecule has 2 aromatic carbocycles. The Labute approximate surface area is 143 Å². The summed E-state index contributed by atoms with van der Waals surface area (Å²) in [6.07, 6.45) is 3.30. The molecule has 0 atom stereocenters. The van der Waals surface area contributed by atoms with Crippen LogP contribution in [0, 0.1) is 5.82 Å². The van der Waals surface area contributed by atoms with Crippen molar-refractivity contribution in [2.24, 2.45) is 0 Å². The zero-order chi connectivity index (χ0) is 17.5. The van der Waals surface area contributed by atoms with E-state index in [1.165, 1.54) is 12.1 Å². The number of carbonyl (C=O) groups excluding carboxylic acids is 1. The second-order valence-corrected chi connectivity index (χ2v) is 5.13. The summed E-state index contributed by atoms with van der Waals surface area (Å²) in [7, 11) is 0. The van der Waals surface area contributed by atoms with Crippen LogP contribution < -0.4 is 15.4 Å². The average Bonchev–Trinajstić information content (AvgIpc) is 3.10. The van der Waals surface area contributed by atoms with E-state index in [2.05, 4.69) is 20.9 Å². The molecule has 128 valence electrons. The Morgan fingerprint density at radius 1 is 1.16 bits per heavy atom. The van der Waals surface area contributed by atoms with E-state index in [9.17, 15) is 9.18 Å². The monoisotopic (exact) mass is 341 g/mol. The number of amides is 2. The van der Waals surface area contributed by atoms with Gasteiger partial charge in [-0.25, -0.2) is 9.18 Å².